The van der Waals surface area contributed by atoms with Crippen molar-refractivity contribution in [2.45, 2.75) is 33.1 Å². The molecule has 0 unspecified atom stereocenters. The molecule has 0 saturated carbocycles. The number of nitrogens with one attached hydrogen (secondary N) is 2. The van der Waals surface area contributed by atoms with Crippen LogP contribution in [0.5, 0.6) is 11.5 Å². The largest absolute Gasteiger partial charge is 0.493 e. The first-order valence-corrected chi connectivity index (χ1v) is 11.7. The summed E-state index contributed by atoms with van der Waals surface area (Å²) in [5, 5.41) is 6.50. The topological polar surface area (TPSA) is 92.3 Å². The Bertz CT molecular complexity index is 744. The smallest absolute Gasteiger partial charge is 0.213 e. The van der Waals surface area contributed by atoms with Crippen molar-refractivity contribution >= 4 is 40.0 Å². The maximum absolute atomic E-state index is 11.7. The van der Waals surface area contributed by atoms with Crippen LogP contribution in [0.2, 0.25) is 0 Å². The van der Waals surface area contributed by atoms with Crippen molar-refractivity contribution in [1.29, 1.82) is 0 Å². The lowest BCUT2D eigenvalue weighted by molar-refractivity contribution is 0.310. The van der Waals surface area contributed by atoms with Gasteiger partial charge in [0.2, 0.25) is 10.0 Å². The van der Waals surface area contributed by atoms with E-state index in [9.17, 15) is 8.42 Å². The van der Waals surface area contributed by atoms with E-state index < -0.39 is 10.0 Å². The maximum Gasteiger partial charge on any atom is 0.213 e. The standard InChI is InChI=1S/C20H36N4O4S.HI/c1-6-28-19-16-17(11-12-18(19)27-5)10-8-13-22-20(21-3)23-14-9-15-24(4)29(25,26)7-2;/h11-12,16H,6-10,13-15H2,1-5H3,(H2,21,22,23);1H. The van der Waals surface area contributed by atoms with Gasteiger partial charge in [-0.1, -0.05) is 6.07 Å². The van der Waals surface area contributed by atoms with Crippen LogP contribution >= 0.6 is 24.0 Å². The molecule has 0 heterocycles. The quantitative estimate of drug-likeness (QED) is 0.168. The van der Waals surface area contributed by atoms with Crippen LogP contribution in [0, 0.1) is 0 Å². The number of guanidine groups is 1. The van der Waals surface area contributed by atoms with E-state index in [2.05, 4.69) is 21.7 Å². The molecule has 0 amide bonds. The summed E-state index contributed by atoms with van der Waals surface area (Å²) in [6.45, 7) is 6.12. The zero-order chi connectivity index (χ0) is 21.7. The third-order valence-electron chi connectivity index (χ3n) is 4.47. The summed E-state index contributed by atoms with van der Waals surface area (Å²) in [6.07, 6.45) is 2.56. The van der Waals surface area contributed by atoms with Gasteiger partial charge in [-0.25, -0.2) is 12.7 Å². The molecule has 0 aliphatic carbocycles. The van der Waals surface area contributed by atoms with E-state index in [1.807, 2.05) is 19.1 Å². The molecule has 8 nitrogen and oxygen atoms in total. The highest BCUT2D eigenvalue weighted by Crippen LogP contribution is 2.28. The Morgan fingerprint density at radius 1 is 1.13 bits per heavy atom. The van der Waals surface area contributed by atoms with Gasteiger partial charge in [-0.15, -0.1) is 24.0 Å². The van der Waals surface area contributed by atoms with Crippen LogP contribution in [0.4, 0.5) is 0 Å². The third kappa shape index (κ3) is 10.2. The lowest BCUT2D eigenvalue weighted by Gasteiger charge is -2.17. The molecule has 10 heteroatoms. The van der Waals surface area contributed by atoms with E-state index in [1.54, 1.807) is 28.1 Å². The zero-order valence-corrected chi connectivity index (χ0v) is 21.9. The summed E-state index contributed by atoms with van der Waals surface area (Å²) < 4.78 is 35.8. The fourth-order valence-electron chi connectivity index (χ4n) is 2.73. The summed E-state index contributed by atoms with van der Waals surface area (Å²) in [4.78, 5) is 4.20. The third-order valence-corrected chi connectivity index (χ3v) is 6.33. The van der Waals surface area contributed by atoms with Crippen LogP contribution in [0.3, 0.4) is 0 Å². The van der Waals surface area contributed by atoms with Gasteiger partial charge in [0.1, 0.15) is 0 Å². The van der Waals surface area contributed by atoms with E-state index in [0.29, 0.717) is 26.1 Å². The molecule has 0 bridgehead atoms. The summed E-state index contributed by atoms with van der Waals surface area (Å²) in [6, 6.07) is 6.01. The van der Waals surface area contributed by atoms with Crippen molar-refractivity contribution in [1.82, 2.24) is 14.9 Å². The minimum Gasteiger partial charge on any atom is -0.493 e. The predicted molar refractivity (Wildman–Crippen MR) is 134 cm³/mol. The minimum absolute atomic E-state index is 0. The number of hydrogen-bond donors (Lipinski definition) is 2. The number of nitrogens with zero attached hydrogens (tertiary/aromatic N) is 2. The van der Waals surface area contributed by atoms with Gasteiger partial charge in [0, 0.05) is 33.7 Å². The Labute approximate surface area is 198 Å². The van der Waals surface area contributed by atoms with Gasteiger partial charge >= 0.3 is 0 Å². The molecule has 2 N–H and O–H groups in total. The molecule has 0 spiro atoms. The number of rotatable bonds is 13. The Morgan fingerprint density at radius 3 is 2.37 bits per heavy atom. The second kappa shape index (κ2) is 15.5. The first-order chi connectivity index (χ1) is 13.9. The van der Waals surface area contributed by atoms with Gasteiger partial charge in [0.15, 0.2) is 17.5 Å². The van der Waals surface area contributed by atoms with Gasteiger partial charge < -0.3 is 20.1 Å². The Hall–Kier alpha value is -1.27. The number of halogens is 1. The van der Waals surface area contributed by atoms with Crippen molar-refractivity contribution in [3.05, 3.63) is 23.8 Å². The second-order valence-electron chi connectivity index (χ2n) is 6.52. The molecule has 1 rings (SSSR count). The van der Waals surface area contributed by atoms with E-state index >= 15 is 0 Å². The molecule has 174 valence electrons. The number of methoxy groups -OCH3 is 1. The molecule has 0 saturated heterocycles. The highest BCUT2D eigenvalue weighted by molar-refractivity contribution is 14.0. The Balaban J connectivity index is 0.00000841. The van der Waals surface area contributed by atoms with Crippen molar-refractivity contribution < 1.29 is 17.9 Å². The fourth-order valence-corrected chi connectivity index (χ4v) is 3.58. The first kappa shape index (κ1) is 28.7. The number of sulfonamides is 1. The monoisotopic (exact) mass is 556 g/mol. The number of benzene rings is 1. The number of ether oxygens (including phenoxy) is 2. The van der Waals surface area contributed by atoms with Gasteiger partial charge in [0.05, 0.1) is 19.5 Å². The van der Waals surface area contributed by atoms with Crippen LogP contribution in [0.15, 0.2) is 23.2 Å². The molecule has 0 atom stereocenters. The summed E-state index contributed by atoms with van der Waals surface area (Å²) in [5.74, 6) is 2.36. The molecule has 0 radical (unpaired) electrons. The molecule has 0 aliphatic heterocycles. The normalized spacial score (nSPS) is 11.7. The number of aryl methyl sites for hydroxylation is 1. The van der Waals surface area contributed by atoms with Crippen LogP contribution in [-0.2, 0) is 16.4 Å². The lowest BCUT2D eigenvalue weighted by Crippen LogP contribution is -2.39. The van der Waals surface area contributed by atoms with Crippen LogP contribution in [0.25, 0.3) is 0 Å². The molecule has 0 aliphatic rings. The molecule has 1 aromatic carbocycles. The first-order valence-electron chi connectivity index (χ1n) is 10.1. The Kier molecular flexibility index (Phi) is 14.9. The van der Waals surface area contributed by atoms with Crippen LogP contribution < -0.4 is 20.1 Å². The molecule has 30 heavy (non-hydrogen) atoms. The van der Waals surface area contributed by atoms with Crippen molar-refractivity contribution in [3.63, 3.8) is 0 Å². The number of hydrogen-bond acceptors (Lipinski definition) is 5. The van der Waals surface area contributed by atoms with E-state index in [4.69, 9.17) is 9.47 Å². The van der Waals surface area contributed by atoms with Gasteiger partial charge in [0.25, 0.3) is 0 Å². The summed E-state index contributed by atoms with van der Waals surface area (Å²) in [5.41, 5.74) is 1.19. The van der Waals surface area contributed by atoms with Gasteiger partial charge in [-0.3, -0.25) is 4.99 Å². The average molecular weight is 557 g/mol. The van der Waals surface area contributed by atoms with Crippen LogP contribution in [0.1, 0.15) is 32.3 Å². The second-order valence-corrected chi connectivity index (χ2v) is 8.89. The van der Waals surface area contributed by atoms with Crippen molar-refractivity contribution in [2.24, 2.45) is 4.99 Å². The molecular weight excluding hydrogens is 519 g/mol. The van der Waals surface area contributed by atoms with E-state index in [1.165, 1.54) is 9.87 Å². The van der Waals surface area contributed by atoms with Crippen LogP contribution in [-0.4, -0.2) is 71.9 Å². The lowest BCUT2D eigenvalue weighted by atomic mass is 10.1. The predicted octanol–water partition coefficient (Wildman–Crippen LogP) is 2.48. The zero-order valence-electron chi connectivity index (χ0n) is 18.7. The van der Waals surface area contributed by atoms with Crippen molar-refractivity contribution in [2.75, 3.05) is 53.2 Å². The molecule has 0 fully saturated rings. The minimum atomic E-state index is -3.12. The highest BCUT2D eigenvalue weighted by Gasteiger charge is 2.13. The van der Waals surface area contributed by atoms with E-state index in [0.717, 1.165) is 36.8 Å². The fraction of sp³-hybridized carbons (Fsp3) is 0.650. The number of aliphatic imine (C=N–C) groups is 1. The molecular formula is C20H37IN4O4S. The summed E-state index contributed by atoms with van der Waals surface area (Å²) >= 11 is 0. The van der Waals surface area contributed by atoms with Gasteiger partial charge in [-0.2, -0.15) is 0 Å². The van der Waals surface area contributed by atoms with Gasteiger partial charge in [-0.05, 0) is 50.8 Å². The van der Waals surface area contributed by atoms with E-state index in [-0.39, 0.29) is 29.7 Å². The average Bonchev–Trinajstić information content (AvgIpc) is 2.72. The SMILES string of the molecule is CCOc1cc(CCCNC(=NC)NCCCN(C)S(=O)(=O)CC)ccc1OC.I. The Morgan fingerprint density at radius 2 is 1.80 bits per heavy atom. The molecule has 0 aromatic heterocycles. The van der Waals surface area contributed by atoms with Crippen molar-refractivity contribution in [3.8, 4) is 11.5 Å². The highest BCUT2D eigenvalue weighted by atomic mass is 127. The molecule has 1 aromatic rings. The maximum atomic E-state index is 11.7. The summed E-state index contributed by atoms with van der Waals surface area (Å²) in [7, 11) is 1.86.